The first-order valence-electron chi connectivity index (χ1n) is 4.54. The second-order valence-electron chi connectivity index (χ2n) is 4.26. The minimum absolute atomic E-state index is 0.176. The van der Waals surface area contributed by atoms with Gasteiger partial charge in [0, 0.05) is 5.57 Å². The SMILES string of the molecule is C=C(C)C(=O)O.C[N+](C)(C)C(C(=O)[O-])C(=O)O. The lowest BCUT2D eigenvalue weighted by molar-refractivity contribution is -0.880. The van der Waals surface area contributed by atoms with Crippen LogP contribution in [0.15, 0.2) is 12.2 Å². The van der Waals surface area contributed by atoms with E-state index in [0.29, 0.717) is 0 Å². The Morgan fingerprint density at radius 2 is 1.47 bits per heavy atom. The van der Waals surface area contributed by atoms with Gasteiger partial charge in [-0.05, 0) is 6.92 Å². The Morgan fingerprint density at radius 3 is 1.47 bits per heavy atom. The van der Waals surface area contributed by atoms with E-state index in [9.17, 15) is 19.5 Å². The van der Waals surface area contributed by atoms with Gasteiger partial charge in [0.05, 0.1) is 21.1 Å². The molecule has 0 bridgehead atoms. The molecule has 2 N–H and O–H groups in total. The maximum atomic E-state index is 10.4. The van der Waals surface area contributed by atoms with Crippen molar-refractivity contribution in [3.8, 4) is 0 Å². The number of hydrogen-bond donors (Lipinski definition) is 2. The Kier molecular flexibility index (Phi) is 6.84. The summed E-state index contributed by atoms with van der Waals surface area (Å²) >= 11 is 0. The van der Waals surface area contributed by atoms with Gasteiger partial charge in [-0.3, -0.25) is 0 Å². The highest BCUT2D eigenvalue weighted by molar-refractivity contribution is 5.94. The number of likely N-dealkylation sites (N-methyl/N-ethyl adjacent to an activating group) is 1. The fourth-order valence-corrected chi connectivity index (χ4v) is 0.748. The van der Waals surface area contributed by atoms with Crippen LogP contribution < -0.4 is 5.11 Å². The molecule has 0 heterocycles. The summed E-state index contributed by atoms with van der Waals surface area (Å²) in [6.07, 6.45) is 0. The third-order valence-corrected chi connectivity index (χ3v) is 1.60. The van der Waals surface area contributed by atoms with Crippen molar-refractivity contribution in [3.63, 3.8) is 0 Å². The van der Waals surface area contributed by atoms with E-state index >= 15 is 0 Å². The Bertz CT molecular complexity index is 302. The summed E-state index contributed by atoms with van der Waals surface area (Å²) in [5.41, 5.74) is 0.176. The number of hydrogen-bond acceptors (Lipinski definition) is 4. The third kappa shape index (κ3) is 7.97. The van der Waals surface area contributed by atoms with Crippen molar-refractivity contribution < 1.29 is 34.2 Å². The molecule has 0 spiro atoms. The molecule has 7 heteroatoms. The Labute approximate surface area is 99.2 Å². The standard InChI is InChI=1S/C6H11NO4.C4H6O2/c1-7(2,3)4(5(8)9)6(10)11;1-3(2)4(5)6/h4H,1-3H3,(H-,8,9,10,11);1H2,2H3,(H,5,6). The van der Waals surface area contributed by atoms with Crippen molar-refractivity contribution in [2.75, 3.05) is 21.1 Å². The Morgan fingerprint density at radius 1 is 1.18 bits per heavy atom. The number of carbonyl (C=O) groups is 3. The number of quaternary nitrogens is 1. The monoisotopic (exact) mass is 247 g/mol. The van der Waals surface area contributed by atoms with E-state index < -0.39 is 23.9 Å². The molecular formula is C10H17NO6. The normalized spacial score (nSPS) is 11.8. The molecule has 17 heavy (non-hydrogen) atoms. The first-order chi connectivity index (χ1) is 7.41. The average molecular weight is 247 g/mol. The second-order valence-corrected chi connectivity index (χ2v) is 4.26. The minimum atomic E-state index is -1.56. The van der Waals surface area contributed by atoms with E-state index in [1.807, 2.05) is 0 Å². The van der Waals surface area contributed by atoms with Crippen molar-refractivity contribution in [3.05, 3.63) is 12.2 Å². The van der Waals surface area contributed by atoms with Gasteiger partial charge in [0.15, 0.2) is 0 Å². The summed E-state index contributed by atoms with van der Waals surface area (Å²) in [7, 11) is 4.44. The van der Waals surface area contributed by atoms with Crippen LogP contribution in [-0.4, -0.2) is 59.8 Å². The highest BCUT2D eigenvalue weighted by Crippen LogP contribution is 2.01. The lowest BCUT2D eigenvalue weighted by atomic mass is 10.2. The van der Waals surface area contributed by atoms with E-state index in [-0.39, 0.29) is 10.1 Å². The van der Waals surface area contributed by atoms with Crippen molar-refractivity contribution in [1.82, 2.24) is 0 Å². The zero-order valence-electron chi connectivity index (χ0n) is 10.3. The Hall–Kier alpha value is -1.89. The molecule has 0 aliphatic heterocycles. The molecule has 0 aliphatic carbocycles. The average Bonchev–Trinajstić information content (AvgIpc) is 1.99. The summed E-state index contributed by atoms with van der Waals surface area (Å²) in [5.74, 6) is -3.88. The first-order valence-corrected chi connectivity index (χ1v) is 4.54. The summed E-state index contributed by atoms with van der Waals surface area (Å²) in [6, 6.07) is -1.50. The van der Waals surface area contributed by atoms with Gasteiger partial charge in [-0.1, -0.05) is 6.58 Å². The highest BCUT2D eigenvalue weighted by Gasteiger charge is 2.32. The predicted molar refractivity (Wildman–Crippen MR) is 56.9 cm³/mol. The van der Waals surface area contributed by atoms with E-state index in [4.69, 9.17) is 10.2 Å². The van der Waals surface area contributed by atoms with Crippen LogP contribution in [-0.2, 0) is 14.4 Å². The van der Waals surface area contributed by atoms with E-state index in [1.165, 1.54) is 28.1 Å². The van der Waals surface area contributed by atoms with Gasteiger partial charge in [-0.15, -0.1) is 0 Å². The van der Waals surface area contributed by atoms with Crippen LogP contribution in [0.25, 0.3) is 0 Å². The molecule has 0 aromatic heterocycles. The number of carbonyl (C=O) groups excluding carboxylic acids is 1. The van der Waals surface area contributed by atoms with Crippen molar-refractivity contribution in [2.45, 2.75) is 13.0 Å². The zero-order valence-corrected chi connectivity index (χ0v) is 10.3. The Balaban J connectivity index is 0. The summed E-state index contributed by atoms with van der Waals surface area (Å²) in [6.45, 7) is 4.60. The van der Waals surface area contributed by atoms with E-state index in [2.05, 4.69) is 6.58 Å². The predicted octanol–water partition coefficient (Wildman–Crippen LogP) is -1.46. The molecule has 0 saturated heterocycles. The molecule has 0 saturated carbocycles. The second kappa shape index (κ2) is 6.64. The number of nitrogens with zero attached hydrogens (tertiary/aromatic N) is 1. The molecule has 1 unspecified atom stereocenters. The van der Waals surface area contributed by atoms with Crippen molar-refractivity contribution in [2.24, 2.45) is 0 Å². The maximum Gasteiger partial charge on any atom is 0.368 e. The molecule has 98 valence electrons. The lowest BCUT2D eigenvalue weighted by Gasteiger charge is -2.31. The molecule has 0 radical (unpaired) electrons. The minimum Gasteiger partial charge on any atom is -0.543 e. The number of aliphatic carboxylic acids is 3. The largest absolute Gasteiger partial charge is 0.543 e. The van der Waals surface area contributed by atoms with Crippen LogP contribution >= 0.6 is 0 Å². The maximum absolute atomic E-state index is 10.4. The molecule has 0 amide bonds. The van der Waals surface area contributed by atoms with Gasteiger partial charge < -0.3 is 24.6 Å². The molecule has 0 aromatic carbocycles. The van der Waals surface area contributed by atoms with Gasteiger partial charge >= 0.3 is 11.9 Å². The number of rotatable bonds is 4. The van der Waals surface area contributed by atoms with Gasteiger partial charge in [-0.25, -0.2) is 9.59 Å². The quantitative estimate of drug-likeness (QED) is 0.356. The number of carboxylic acids is 3. The topological polar surface area (TPSA) is 115 Å². The molecule has 0 aromatic rings. The number of carboxylic acid groups (broad SMARTS) is 3. The highest BCUT2D eigenvalue weighted by atomic mass is 16.4. The van der Waals surface area contributed by atoms with Crippen LogP contribution in [0, 0.1) is 0 Å². The summed E-state index contributed by atoms with van der Waals surface area (Å²) in [4.78, 5) is 30.2. The third-order valence-electron chi connectivity index (χ3n) is 1.60. The smallest absolute Gasteiger partial charge is 0.368 e. The van der Waals surface area contributed by atoms with Gasteiger partial charge in [-0.2, -0.15) is 0 Å². The zero-order chi connectivity index (χ0) is 14.4. The van der Waals surface area contributed by atoms with Gasteiger partial charge in [0.1, 0.15) is 5.97 Å². The summed E-state index contributed by atoms with van der Waals surface area (Å²) in [5, 5.41) is 26.6. The summed E-state index contributed by atoms with van der Waals surface area (Å²) < 4.78 is -0.183. The van der Waals surface area contributed by atoms with Crippen LogP contribution in [0.1, 0.15) is 6.92 Å². The molecule has 1 atom stereocenters. The molecular weight excluding hydrogens is 230 g/mol. The molecule has 0 aliphatic rings. The van der Waals surface area contributed by atoms with E-state index in [0.717, 1.165) is 0 Å². The fourth-order valence-electron chi connectivity index (χ4n) is 0.748. The molecule has 7 nitrogen and oxygen atoms in total. The van der Waals surface area contributed by atoms with Crippen LogP contribution in [0.5, 0.6) is 0 Å². The lowest BCUT2D eigenvalue weighted by Crippen LogP contribution is -2.58. The van der Waals surface area contributed by atoms with Gasteiger partial charge in [0.25, 0.3) is 0 Å². The van der Waals surface area contributed by atoms with Gasteiger partial charge in [0.2, 0.25) is 6.04 Å². The van der Waals surface area contributed by atoms with Crippen LogP contribution in [0.4, 0.5) is 0 Å². The fraction of sp³-hybridized carbons (Fsp3) is 0.500. The van der Waals surface area contributed by atoms with Crippen molar-refractivity contribution in [1.29, 1.82) is 0 Å². The van der Waals surface area contributed by atoms with Crippen LogP contribution in [0.2, 0.25) is 0 Å². The van der Waals surface area contributed by atoms with Crippen LogP contribution in [0.3, 0.4) is 0 Å². The molecule has 0 rings (SSSR count). The molecule has 0 fully saturated rings. The van der Waals surface area contributed by atoms with E-state index in [1.54, 1.807) is 0 Å². The van der Waals surface area contributed by atoms with Crippen molar-refractivity contribution >= 4 is 17.9 Å². The first kappa shape index (κ1) is 17.5.